The summed E-state index contributed by atoms with van der Waals surface area (Å²) in [6.07, 6.45) is -0.0813. The molecule has 0 aromatic heterocycles. The van der Waals surface area contributed by atoms with Crippen molar-refractivity contribution in [3.05, 3.63) is 52.5 Å². The van der Waals surface area contributed by atoms with Gasteiger partial charge in [-0.2, -0.15) is 4.31 Å². The monoisotopic (exact) mass is 547 g/mol. The predicted octanol–water partition coefficient (Wildman–Crippen LogP) is 3.15. The highest BCUT2D eigenvalue weighted by molar-refractivity contribution is 7.89. The topological polar surface area (TPSA) is 135 Å². The van der Waals surface area contributed by atoms with Crippen molar-refractivity contribution in [1.82, 2.24) is 4.31 Å². The summed E-state index contributed by atoms with van der Waals surface area (Å²) in [6.45, 7) is 5.04. The molecule has 1 heterocycles. The lowest BCUT2D eigenvalue weighted by Gasteiger charge is -2.39. The van der Waals surface area contributed by atoms with Gasteiger partial charge < -0.3 is 0 Å². The second-order valence-electron chi connectivity index (χ2n) is 8.37. The molecule has 9 nitrogen and oxygen atoms in total. The molecule has 13 heteroatoms. The van der Waals surface area contributed by atoms with E-state index in [0.29, 0.717) is 6.42 Å². The first kappa shape index (κ1) is 26.6. The van der Waals surface area contributed by atoms with Gasteiger partial charge in [0, 0.05) is 10.6 Å². The summed E-state index contributed by atoms with van der Waals surface area (Å²) < 4.78 is 51.6. The number of sulfonamides is 2. The highest BCUT2D eigenvalue weighted by Crippen LogP contribution is 2.38. The third-order valence-corrected chi connectivity index (χ3v) is 9.49. The van der Waals surface area contributed by atoms with Crippen LogP contribution in [-0.2, 0) is 29.6 Å². The number of anilines is 1. The van der Waals surface area contributed by atoms with Gasteiger partial charge in [0.05, 0.1) is 22.0 Å². The van der Waals surface area contributed by atoms with Crippen LogP contribution in [0.4, 0.5) is 5.69 Å². The minimum atomic E-state index is -4.37. The van der Waals surface area contributed by atoms with Crippen LogP contribution in [0.15, 0.2) is 52.3 Å². The Morgan fingerprint density at radius 2 is 1.65 bits per heavy atom. The van der Waals surface area contributed by atoms with Gasteiger partial charge in [0.1, 0.15) is 10.9 Å². The van der Waals surface area contributed by atoms with Gasteiger partial charge >= 0.3 is 0 Å². The predicted molar refractivity (Wildman–Crippen MR) is 129 cm³/mol. The Labute approximate surface area is 208 Å². The fourth-order valence-corrected chi connectivity index (χ4v) is 6.95. The van der Waals surface area contributed by atoms with Crippen LogP contribution in [0.5, 0.6) is 0 Å². The zero-order chi connectivity index (χ0) is 25.6. The van der Waals surface area contributed by atoms with Gasteiger partial charge in [-0.25, -0.2) is 26.9 Å². The number of imide groups is 1. The SMILES string of the molecule is CCC(C)(C)N(C1CC(=O)N(c2ccc(S(N)(=O)=O)cc2)C1=O)S(=O)(=O)c1cc(Cl)ccc1Cl. The molecule has 1 unspecified atom stereocenters. The van der Waals surface area contributed by atoms with Crippen molar-refractivity contribution in [2.24, 2.45) is 5.14 Å². The number of carbonyl (C=O) groups is 2. The van der Waals surface area contributed by atoms with Gasteiger partial charge in [-0.3, -0.25) is 9.59 Å². The number of hydrogen-bond acceptors (Lipinski definition) is 6. The zero-order valence-electron chi connectivity index (χ0n) is 18.5. The number of primary sulfonamides is 1. The maximum absolute atomic E-state index is 13.8. The molecule has 2 aromatic rings. The Hall–Kier alpha value is -2.02. The number of carbonyl (C=O) groups excluding carboxylic acids is 2. The molecule has 0 radical (unpaired) electrons. The highest BCUT2D eigenvalue weighted by Gasteiger charge is 2.51. The third kappa shape index (κ3) is 4.86. The van der Waals surface area contributed by atoms with Crippen LogP contribution in [0.1, 0.15) is 33.6 Å². The largest absolute Gasteiger partial charge is 0.274 e. The normalized spacial score (nSPS) is 17.6. The molecule has 2 aromatic carbocycles. The summed E-state index contributed by atoms with van der Waals surface area (Å²) in [5.41, 5.74) is -0.976. The van der Waals surface area contributed by atoms with E-state index in [2.05, 4.69) is 0 Å². The van der Waals surface area contributed by atoms with Gasteiger partial charge in [0.15, 0.2) is 0 Å². The molecule has 2 amide bonds. The van der Waals surface area contributed by atoms with Crippen LogP contribution in [0.25, 0.3) is 0 Å². The number of amides is 2. The zero-order valence-corrected chi connectivity index (χ0v) is 21.7. The standard InChI is InChI=1S/C21H23Cl2N3O6S2/c1-4-21(2,3)26(34(31,32)18-11-13(22)5-10-16(18)23)17-12-19(27)25(20(17)28)14-6-8-15(9-7-14)33(24,29)30/h5-11,17H,4,12H2,1-3H3,(H2,24,29,30). The van der Waals surface area contributed by atoms with Crippen LogP contribution >= 0.6 is 23.2 Å². The summed E-state index contributed by atoms with van der Waals surface area (Å²) in [4.78, 5) is 26.7. The molecule has 0 spiro atoms. The van der Waals surface area contributed by atoms with Gasteiger partial charge in [-0.15, -0.1) is 0 Å². The molecule has 1 saturated heterocycles. The summed E-state index contributed by atoms with van der Waals surface area (Å²) in [5.74, 6) is -1.40. The van der Waals surface area contributed by atoms with Crippen molar-refractivity contribution < 1.29 is 26.4 Å². The maximum atomic E-state index is 13.8. The number of nitrogens with two attached hydrogens (primary N) is 1. The Kier molecular flexibility index (Phi) is 7.20. The lowest BCUT2D eigenvalue weighted by atomic mass is 10.00. The van der Waals surface area contributed by atoms with Crippen LogP contribution in [0.3, 0.4) is 0 Å². The molecule has 1 aliphatic heterocycles. The van der Waals surface area contributed by atoms with Gasteiger partial charge in [-0.1, -0.05) is 30.1 Å². The molecule has 184 valence electrons. The Morgan fingerprint density at radius 3 is 2.18 bits per heavy atom. The summed E-state index contributed by atoms with van der Waals surface area (Å²) in [6, 6.07) is 7.47. The van der Waals surface area contributed by atoms with Crippen molar-refractivity contribution in [3.63, 3.8) is 0 Å². The van der Waals surface area contributed by atoms with E-state index in [9.17, 15) is 26.4 Å². The van der Waals surface area contributed by atoms with Crippen LogP contribution in [0.2, 0.25) is 10.0 Å². The lowest BCUT2D eigenvalue weighted by molar-refractivity contribution is -0.122. The molecule has 0 bridgehead atoms. The fourth-order valence-electron chi connectivity index (χ4n) is 3.71. The quantitative estimate of drug-likeness (QED) is 0.529. The Balaban J connectivity index is 2.09. The molecule has 2 N–H and O–H groups in total. The molecule has 0 saturated carbocycles. The molecule has 1 fully saturated rings. The first-order chi connectivity index (χ1) is 15.6. The molecule has 0 aliphatic carbocycles. The first-order valence-corrected chi connectivity index (χ1v) is 13.8. The van der Waals surface area contributed by atoms with Crippen molar-refractivity contribution in [3.8, 4) is 0 Å². The van der Waals surface area contributed by atoms with E-state index < -0.39 is 49.9 Å². The highest BCUT2D eigenvalue weighted by atomic mass is 35.5. The van der Waals surface area contributed by atoms with E-state index in [1.54, 1.807) is 20.8 Å². The van der Waals surface area contributed by atoms with Gasteiger partial charge in [0.25, 0.3) is 5.91 Å². The Morgan fingerprint density at radius 1 is 1.06 bits per heavy atom. The average Bonchev–Trinajstić information content (AvgIpc) is 3.02. The minimum absolute atomic E-state index is 0.0754. The molecular formula is C21H23Cl2N3O6S2. The fraction of sp³-hybridized carbons (Fsp3) is 0.333. The van der Waals surface area contributed by atoms with Crippen molar-refractivity contribution in [1.29, 1.82) is 0 Å². The maximum Gasteiger partial charge on any atom is 0.252 e. The average molecular weight is 548 g/mol. The number of halogens is 2. The second-order valence-corrected chi connectivity index (χ2v) is 12.6. The van der Waals surface area contributed by atoms with Crippen molar-refractivity contribution >= 4 is 60.8 Å². The minimum Gasteiger partial charge on any atom is -0.274 e. The van der Waals surface area contributed by atoms with Crippen LogP contribution in [0, 0.1) is 0 Å². The van der Waals surface area contributed by atoms with Gasteiger partial charge in [-0.05, 0) is 62.7 Å². The van der Waals surface area contributed by atoms with Crippen molar-refractivity contribution in [2.75, 3.05) is 4.90 Å². The third-order valence-electron chi connectivity index (χ3n) is 5.72. The number of hydrogen-bond donors (Lipinski definition) is 1. The van der Waals surface area contributed by atoms with Crippen LogP contribution < -0.4 is 10.0 Å². The van der Waals surface area contributed by atoms with Crippen LogP contribution in [-0.4, -0.2) is 44.5 Å². The van der Waals surface area contributed by atoms with E-state index in [0.717, 1.165) is 21.3 Å². The molecule has 1 atom stereocenters. The number of nitrogens with zero attached hydrogens (tertiary/aromatic N) is 2. The molecule has 1 aliphatic rings. The number of rotatable bonds is 7. The summed E-state index contributed by atoms with van der Waals surface area (Å²) in [7, 11) is -8.35. The lowest BCUT2D eigenvalue weighted by Crippen LogP contribution is -2.55. The van der Waals surface area contributed by atoms with E-state index in [4.69, 9.17) is 28.3 Å². The molecule has 34 heavy (non-hydrogen) atoms. The van der Waals surface area contributed by atoms with E-state index in [1.165, 1.54) is 30.3 Å². The molecule has 3 rings (SSSR count). The summed E-state index contributed by atoms with van der Waals surface area (Å²) in [5, 5.41) is 5.16. The Bertz CT molecular complexity index is 1360. The first-order valence-electron chi connectivity index (χ1n) is 10.1. The van der Waals surface area contributed by atoms with E-state index in [-0.39, 0.29) is 25.5 Å². The molecular weight excluding hydrogens is 525 g/mol. The van der Waals surface area contributed by atoms with Gasteiger partial charge in [0.2, 0.25) is 26.0 Å². The summed E-state index contributed by atoms with van der Waals surface area (Å²) >= 11 is 12.2. The van der Waals surface area contributed by atoms with Crippen molar-refractivity contribution in [2.45, 2.75) is 55.0 Å². The smallest absolute Gasteiger partial charge is 0.252 e. The second kappa shape index (κ2) is 9.21. The van der Waals surface area contributed by atoms with E-state index >= 15 is 0 Å². The number of benzene rings is 2. The van der Waals surface area contributed by atoms with E-state index in [1.807, 2.05) is 0 Å².